The van der Waals surface area contributed by atoms with Crippen LogP contribution in [0.3, 0.4) is 0 Å². The van der Waals surface area contributed by atoms with Crippen molar-refractivity contribution < 1.29 is 0 Å². The van der Waals surface area contributed by atoms with Gasteiger partial charge in [-0.3, -0.25) is 0 Å². The molecule has 0 N–H and O–H groups in total. The van der Waals surface area contributed by atoms with Crippen molar-refractivity contribution in [3.63, 3.8) is 0 Å². The Morgan fingerprint density at radius 1 is 0.647 bits per heavy atom. The zero-order valence-corrected chi connectivity index (χ0v) is 12.3. The molecular formula is C16H34N. The van der Waals surface area contributed by atoms with E-state index in [2.05, 4.69) is 25.7 Å². The molecule has 0 unspecified atom stereocenters. The van der Waals surface area contributed by atoms with Gasteiger partial charge in [-0.2, -0.15) is 0 Å². The Bertz CT molecular complexity index is 129. The van der Waals surface area contributed by atoms with Gasteiger partial charge in [-0.05, 0) is 26.1 Å². The summed E-state index contributed by atoms with van der Waals surface area (Å²) in [6.45, 7) is 12.1. The maximum Gasteiger partial charge on any atom is -0.00190 e. The molecule has 1 heteroatoms. The van der Waals surface area contributed by atoms with Gasteiger partial charge in [-0.1, -0.05) is 78.6 Å². The third-order valence-electron chi connectivity index (χ3n) is 3.62. The van der Waals surface area contributed by atoms with Crippen LogP contribution in [-0.2, 0) is 0 Å². The number of hydrogen-bond donors (Lipinski definition) is 0. The molecule has 0 amide bonds. The summed E-state index contributed by atoms with van der Waals surface area (Å²) in [5.74, 6) is 0. The van der Waals surface area contributed by atoms with Gasteiger partial charge >= 0.3 is 0 Å². The van der Waals surface area contributed by atoms with Crippen LogP contribution in [0, 0.1) is 6.92 Å². The van der Waals surface area contributed by atoms with Crippen LogP contribution in [0.25, 0.3) is 0 Å². The SMILES string of the molecule is [CH2]CCCCCCCCCCCN(CC)CC. The quantitative estimate of drug-likeness (QED) is 0.407. The predicted molar refractivity (Wildman–Crippen MR) is 79.3 cm³/mol. The summed E-state index contributed by atoms with van der Waals surface area (Å²) in [7, 11) is 0. The number of hydrogen-bond acceptors (Lipinski definition) is 1. The summed E-state index contributed by atoms with van der Waals surface area (Å²) in [4.78, 5) is 2.53. The summed E-state index contributed by atoms with van der Waals surface area (Å²) in [6, 6.07) is 0. The minimum atomic E-state index is 1.12. The largest absolute Gasteiger partial charge is 0.304 e. The molecule has 0 saturated heterocycles. The molecule has 0 atom stereocenters. The Morgan fingerprint density at radius 2 is 1.06 bits per heavy atom. The molecule has 103 valence electrons. The lowest BCUT2D eigenvalue weighted by molar-refractivity contribution is 0.295. The molecule has 0 saturated carbocycles. The van der Waals surface area contributed by atoms with E-state index in [0.29, 0.717) is 0 Å². The molecule has 0 aliphatic carbocycles. The fourth-order valence-electron chi connectivity index (χ4n) is 2.29. The van der Waals surface area contributed by atoms with Gasteiger partial charge in [0, 0.05) is 0 Å². The lowest BCUT2D eigenvalue weighted by atomic mass is 10.1. The Hall–Kier alpha value is -0.0400. The van der Waals surface area contributed by atoms with E-state index >= 15 is 0 Å². The smallest absolute Gasteiger partial charge is 0.00190 e. The molecule has 0 fully saturated rings. The topological polar surface area (TPSA) is 3.24 Å². The van der Waals surface area contributed by atoms with Gasteiger partial charge in [0.1, 0.15) is 0 Å². The first-order valence-corrected chi connectivity index (χ1v) is 7.86. The third kappa shape index (κ3) is 12.2. The van der Waals surface area contributed by atoms with Crippen molar-refractivity contribution in [2.75, 3.05) is 19.6 Å². The van der Waals surface area contributed by atoms with E-state index in [1.807, 2.05) is 0 Å². The monoisotopic (exact) mass is 240 g/mol. The Morgan fingerprint density at radius 3 is 1.47 bits per heavy atom. The number of nitrogens with zero attached hydrogens (tertiary/aromatic N) is 1. The molecule has 0 aliphatic rings. The van der Waals surface area contributed by atoms with E-state index in [0.717, 1.165) is 6.42 Å². The van der Waals surface area contributed by atoms with Crippen molar-refractivity contribution in [3.8, 4) is 0 Å². The third-order valence-corrected chi connectivity index (χ3v) is 3.62. The Balaban J connectivity index is 3.03. The van der Waals surface area contributed by atoms with E-state index in [-0.39, 0.29) is 0 Å². The van der Waals surface area contributed by atoms with Gasteiger partial charge in [0.2, 0.25) is 0 Å². The lowest BCUT2D eigenvalue weighted by Gasteiger charge is -2.17. The number of unbranched alkanes of at least 4 members (excludes halogenated alkanes) is 9. The van der Waals surface area contributed by atoms with Crippen LogP contribution in [0.1, 0.15) is 78.1 Å². The predicted octanol–water partition coefficient (Wildman–Crippen LogP) is 5.06. The van der Waals surface area contributed by atoms with Crippen LogP contribution in [0.15, 0.2) is 0 Å². The van der Waals surface area contributed by atoms with E-state index in [4.69, 9.17) is 0 Å². The second-order valence-corrected chi connectivity index (χ2v) is 5.06. The van der Waals surface area contributed by atoms with Crippen LogP contribution < -0.4 is 0 Å². The second-order valence-electron chi connectivity index (χ2n) is 5.06. The summed E-state index contributed by atoms with van der Waals surface area (Å²) in [5.41, 5.74) is 0. The highest BCUT2D eigenvalue weighted by atomic mass is 15.1. The molecular weight excluding hydrogens is 206 g/mol. The highest BCUT2D eigenvalue weighted by Gasteiger charge is 1.98. The molecule has 0 aromatic carbocycles. The van der Waals surface area contributed by atoms with Crippen molar-refractivity contribution in [1.82, 2.24) is 4.90 Å². The van der Waals surface area contributed by atoms with Gasteiger partial charge in [-0.25, -0.2) is 0 Å². The minimum Gasteiger partial charge on any atom is -0.304 e. The first-order chi connectivity index (χ1) is 8.35. The van der Waals surface area contributed by atoms with E-state index in [9.17, 15) is 0 Å². The van der Waals surface area contributed by atoms with Gasteiger partial charge in [0.05, 0.1) is 0 Å². The normalized spacial score (nSPS) is 11.3. The van der Waals surface area contributed by atoms with E-state index in [1.54, 1.807) is 0 Å². The van der Waals surface area contributed by atoms with Crippen LogP contribution in [0.5, 0.6) is 0 Å². The van der Waals surface area contributed by atoms with Crippen LogP contribution in [0.4, 0.5) is 0 Å². The Labute approximate surface area is 110 Å². The van der Waals surface area contributed by atoms with Crippen molar-refractivity contribution >= 4 is 0 Å². The van der Waals surface area contributed by atoms with E-state index in [1.165, 1.54) is 77.4 Å². The summed E-state index contributed by atoms with van der Waals surface area (Å²) >= 11 is 0. The molecule has 0 aromatic rings. The van der Waals surface area contributed by atoms with Crippen LogP contribution in [-0.4, -0.2) is 24.5 Å². The molecule has 1 nitrogen and oxygen atoms in total. The van der Waals surface area contributed by atoms with Gasteiger partial charge in [-0.15, -0.1) is 0 Å². The highest BCUT2D eigenvalue weighted by Crippen LogP contribution is 2.10. The van der Waals surface area contributed by atoms with Gasteiger partial charge in [0.15, 0.2) is 0 Å². The second kappa shape index (κ2) is 14.0. The molecule has 17 heavy (non-hydrogen) atoms. The zero-order valence-electron chi connectivity index (χ0n) is 12.3. The summed E-state index contributed by atoms with van der Waals surface area (Å²) in [5, 5.41) is 0. The summed E-state index contributed by atoms with van der Waals surface area (Å²) < 4.78 is 0. The maximum atomic E-state index is 3.88. The zero-order chi connectivity index (χ0) is 12.8. The minimum absolute atomic E-state index is 1.12. The maximum absolute atomic E-state index is 3.88. The fraction of sp³-hybridized carbons (Fsp3) is 0.938. The Kier molecular flexibility index (Phi) is 14.0. The molecule has 0 aromatic heterocycles. The standard InChI is InChI=1S/C16H34N/c1-4-7-8-9-10-11-12-13-14-15-16-17(5-2)6-3/h1,4-16H2,2-3H3. The van der Waals surface area contributed by atoms with Crippen LogP contribution in [0.2, 0.25) is 0 Å². The van der Waals surface area contributed by atoms with Crippen LogP contribution >= 0.6 is 0 Å². The van der Waals surface area contributed by atoms with Crippen molar-refractivity contribution in [1.29, 1.82) is 0 Å². The lowest BCUT2D eigenvalue weighted by Crippen LogP contribution is -2.23. The molecule has 0 spiro atoms. The molecule has 0 aliphatic heterocycles. The first-order valence-electron chi connectivity index (χ1n) is 7.86. The fourth-order valence-corrected chi connectivity index (χ4v) is 2.29. The highest BCUT2D eigenvalue weighted by molar-refractivity contribution is 4.53. The first kappa shape index (κ1) is 17.0. The molecule has 0 heterocycles. The molecule has 0 bridgehead atoms. The van der Waals surface area contributed by atoms with Gasteiger partial charge in [0.25, 0.3) is 0 Å². The van der Waals surface area contributed by atoms with E-state index < -0.39 is 0 Å². The average Bonchev–Trinajstić information content (AvgIpc) is 2.36. The summed E-state index contributed by atoms with van der Waals surface area (Å²) in [6.07, 6.45) is 13.9. The van der Waals surface area contributed by atoms with Crippen molar-refractivity contribution in [3.05, 3.63) is 6.92 Å². The number of rotatable bonds is 13. The molecule has 1 radical (unpaired) electrons. The molecule has 0 rings (SSSR count). The average molecular weight is 240 g/mol. The van der Waals surface area contributed by atoms with Gasteiger partial charge < -0.3 is 4.90 Å². The van der Waals surface area contributed by atoms with Crippen molar-refractivity contribution in [2.45, 2.75) is 78.1 Å². The van der Waals surface area contributed by atoms with Crippen molar-refractivity contribution in [2.24, 2.45) is 0 Å².